The quantitative estimate of drug-likeness (QED) is 0.460. The lowest BCUT2D eigenvalue weighted by Gasteiger charge is -2.36. The highest BCUT2D eigenvalue weighted by molar-refractivity contribution is 7.17. The Balaban J connectivity index is 1.29. The molecule has 0 radical (unpaired) electrons. The van der Waals surface area contributed by atoms with Gasteiger partial charge in [0.15, 0.2) is 0 Å². The fourth-order valence-electron chi connectivity index (χ4n) is 4.00. The monoisotopic (exact) mass is 466 g/mol. The second kappa shape index (κ2) is 8.74. The second-order valence-electron chi connectivity index (χ2n) is 7.86. The first kappa shape index (κ1) is 21.3. The van der Waals surface area contributed by atoms with Gasteiger partial charge in [-0.3, -0.25) is 14.2 Å². The number of amides is 1. The number of nitrogens with zero attached hydrogens (tertiary/aromatic N) is 4. The normalized spacial score (nSPS) is 14.1. The van der Waals surface area contributed by atoms with Crippen molar-refractivity contribution in [2.24, 2.45) is 0 Å². The third-order valence-electron chi connectivity index (χ3n) is 5.83. The molecule has 33 heavy (non-hydrogen) atoms. The van der Waals surface area contributed by atoms with Crippen molar-refractivity contribution in [1.82, 2.24) is 14.5 Å². The van der Waals surface area contributed by atoms with Crippen LogP contribution in [0.2, 0.25) is 0 Å². The predicted octanol–water partition coefficient (Wildman–Crippen LogP) is 3.75. The Labute approximate surface area is 192 Å². The van der Waals surface area contributed by atoms with Gasteiger partial charge in [0, 0.05) is 42.8 Å². The molecule has 0 atom stereocenters. The molecule has 0 saturated carbocycles. The van der Waals surface area contributed by atoms with E-state index in [0.717, 1.165) is 16.8 Å². The lowest BCUT2D eigenvalue weighted by atomic mass is 10.1. The van der Waals surface area contributed by atoms with Gasteiger partial charge < -0.3 is 9.80 Å². The molecule has 2 aromatic heterocycles. The van der Waals surface area contributed by atoms with Crippen LogP contribution in [-0.4, -0.2) is 46.5 Å². The van der Waals surface area contributed by atoms with Crippen LogP contribution in [0.3, 0.4) is 0 Å². The van der Waals surface area contributed by atoms with Gasteiger partial charge in [-0.05, 0) is 42.0 Å². The molecule has 9 heteroatoms. The molecule has 0 spiro atoms. The van der Waals surface area contributed by atoms with Crippen molar-refractivity contribution >= 4 is 33.1 Å². The summed E-state index contributed by atoms with van der Waals surface area (Å²) in [7, 11) is 0. The van der Waals surface area contributed by atoms with E-state index >= 15 is 0 Å². The topological polar surface area (TPSA) is 58.4 Å². The highest BCUT2D eigenvalue weighted by Gasteiger charge is 2.22. The molecule has 4 aromatic rings. The average molecular weight is 467 g/mol. The molecule has 1 saturated heterocycles. The van der Waals surface area contributed by atoms with Gasteiger partial charge in [0.2, 0.25) is 5.91 Å². The molecule has 0 unspecified atom stereocenters. The summed E-state index contributed by atoms with van der Waals surface area (Å²) in [6.45, 7) is 2.23. The Morgan fingerprint density at radius 2 is 1.58 bits per heavy atom. The third kappa shape index (κ3) is 4.23. The Bertz CT molecular complexity index is 1360. The first-order valence-corrected chi connectivity index (χ1v) is 11.4. The number of halogens is 2. The Kier molecular flexibility index (Phi) is 5.63. The first-order valence-electron chi connectivity index (χ1n) is 10.5. The van der Waals surface area contributed by atoms with Crippen molar-refractivity contribution in [3.05, 3.63) is 82.2 Å². The van der Waals surface area contributed by atoms with Crippen molar-refractivity contribution in [1.29, 1.82) is 0 Å². The number of aromatic nitrogens is 2. The van der Waals surface area contributed by atoms with E-state index in [1.54, 1.807) is 29.2 Å². The Morgan fingerprint density at radius 3 is 2.24 bits per heavy atom. The van der Waals surface area contributed by atoms with Gasteiger partial charge in [0.25, 0.3) is 5.56 Å². The van der Waals surface area contributed by atoms with Crippen LogP contribution < -0.4 is 10.5 Å². The lowest BCUT2D eigenvalue weighted by molar-refractivity contribution is -0.132. The number of rotatable bonds is 4. The summed E-state index contributed by atoms with van der Waals surface area (Å²) in [4.78, 5) is 34.1. The van der Waals surface area contributed by atoms with Gasteiger partial charge >= 0.3 is 0 Å². The predicted molar refractivity (Wildman–Crippen MR) is 124 cm³/mol. The first-order chi connectivity index (χ1) is 16.0. The third-order valence-corrected chi connectivity index (χ3v) is 6.79. The van der Waals surface area contributed by atoms with Crippen LogP contribution in [0.25, 0.3) is 21.3 Å². The number of anilines is 1. The fraction of sp³-hybridized carbons (Fsp3) is 0.208. The largest absolute Gasteiger partial charge is 0.368 e. The van der Waals surface area contributed by atoms with Crippen LogP contribution in [-0.2, 0) is 11.3 Å². The van der Waals surface area contributed by atoms with Gasteiger partial charge in [-0.1, -0.05) is 12.1 Å². The molecule has 2 aromatic carbocycles. The van der Waals surface area contributed by atoms with E-state index in [2.05, 4.69) is 9.88 Å². The standard InChI is InChI=1S/C24H20F2N4O2S/c25-17-3-1-16(2-4-17)20-14-33-23-22(20)27-15-30(24(23)32)13-21(31)29-11-9-28(10-12-29)19-7-5-18(26)6-8-19/h1-8,14-15H,9-13H2. The maximum atomic E-state index is 13.2. The van der Waals surface area contributed by atoms with Gasteiger partial charge in [0.05, 0.1) is 11.8 Å². The highest BCUT2D eigenvalue weighted by atomic mass is 32.1. The van der Waals surface area contributed by atoms with E-state index in [4.69, 9.17) is 0 Å². The molecule has 1 aliphatic rings. The van der Waals surface area contributed by atoms with Gasteiger partial charge in [0.1, 0.15) is 22.9 Å². The number of benzene rings is 2. The highest BCUT2D eigenvalue weighted by Crippen LogP contribution is 2.30. The summed E-state index contributed by atoms with van der Waals surface area (Å²) >= 11 is 1.27. The van der Waals surface area contributed by atoms with Crippen LogP contribution in [0.15, 0.2) is 65.0 Å². The summed E-state index contributed by atoms with van der Waals surface area (Å²) in [5.41, 5.74) is 2.75. The van der Waals surface area contributed by atoms with Crippen molar-refractivity contribution in [2.75, 3.05) is 31.1 Å². The molecule has 1 aliphatic heterocycles. The summed E-state index contributed by atoms with van der Waals surface area (Å²) < 4.78 is 28.2. The van der Waals surface area contributed by atoms with Gasteiger partial charge in [-0.25, -0.2) is 13.8 Å². The molecule has 1 amide bonds. The molecule has 0 aliphatic carbocycles. The molecule has 6 nitrogen and oxygen atoms in total. The fourth-order valence-corrected chi connectivity index (χ4v) is 4.98. The van der Waals surface area contributed by atoms with E-state index in [9.17, 15) is 18.4 Å². The molecular formula is C24H20F2N4O2S. The van der Waals surface area contributed by atoms with Crippen molar-refractivity contribution in [3.8, 4) is 11.1 Å². The summed E-state index contributed by atoms with van der Waals surface area (Å²) in [6.07, 6.45) is 1.40. The van der Waals surface area contributed by atoms with E-state index in [1.807, 2.05) is 5.38 Å². The van der Waals surface area contributed by atoms with Crippen LogP contribution in [0.1, 0.15) is 0 Å². The second-order valence-corrected chi connectivity index (χ2v) is 8.74. The SMILES string of the molecule is O=C(Cn1cnc2c(-c3ccc(F)cc3)csc2c1=O)N1CCN(c2ccc(F)cc2)CC1. The van der Waals surface area contributed by atoms with E-state index in [1.165, 1.54) is 46.5 Å². The van der Waals surface area contributed by atoms with Crippen molar-refractivity contribution in [3.63, 3.8) is 0 Å². The van der Waals surface area contributed by atoms with Crippen LogP contribution in [0, 0.1) is 11.6 Å². The van der Waals surface area contributed by atoms with E-state index in [-0.39, 0.29) is 29.6 Å². The van der Waals surface area contributed by atoms with Gasteiger partial charge in [-0.15, -0.1) is 11.3 Å². The summed E-state index contributed by atoms with van der Waals surface area (Å²) in [5.74, 6) is -0.753. The van der Waals surface area contributed by atoms with Crippen molar-refractivity contribution < 1.29 is 13.6 Å². The molecule has 1 fully saturated rings. The minimum atomic E-state index is -0.328. The lowest BCUT2D eigenvalue weighted by Crippen LogP contribution is -2.50. The number of hydrogen-bond donors (Lipinski definition) is 0. The number of carbonyl (C=O) groups excluding carboxylic acids is 1. The van der Waals surface area contributed by atoms with E-state index in [0.29, 0.717) is 36.4 Å². The maximum absolute atomic E-state index is 13.2. The summed E-state index contributed by atoms with van der Waals surface area (Å²) in [6, 6.07) is 12.4. The van der Waals surface area contributed by atoms with E-state index < -0.39 is 0 Å². The maximum Gasteiger partial charge on any atom is 0.271 e. The molecule has 0 bridgehead atoms. The number of thiophene rings is 1. The Morgan fingerprint density at radius 1 is 0.939 bits per heavy atom. The summed E-state index contributed by atoms with van der Waals surface area (Å²) in [5, 5.41) is 1.83. The smallest absolute Gasteiger partial charge is 0.271 e. The minimum Gasteiger partial charge on any atom is -0.368 e. The Hall–Kier alpha value is -3.59. The van der Waals surface area contributed by atoms with Crippen LogP contribution in [0.4, 0.5) is 14.5 Å². The zero-order valence-corrected chi connectivity index (χ0v) is 18.4. The molecule has 168 valence electrons. The zero-order chi connectivity index (χ0) is 22.9. The van der Waals surface area contributed by atoms with Crippen LogP contribution in [0.5, 0.6) is 0 Å². The number of hydrogen-bond acceptors (Lipinski definition) is 5. The molecular weight excluding hydrogens is 446 g/mol. The number of fused-ring (bicyclic) bond motifs is 1. The van der Waals surface area contributed by atoms with Crippen LogP contribution >= 0.6 is 11.3 Å². The zero-order valence-electron chi connectivity index (χ0n) is 17.6. The average Bonchev–Trinajstić information content (AvgIpc) is 3.27. The minimum absolute atomic E-state index is 0.0812. The molecule has 0 N–H and O–H groups in total. The molecule has 3 heterocycles. The van der Waals surface area contributed by atoms with Crippen molar-refractivity contribution in [2.45, 2.75) is 6.54 Å². The number of piperazine rings is 1. The van der Waals surface area contributed by atoms with Gasteiger partial charge in [-0.2, -0.15) is 0 Å². The molecule has 5 rings (SSSR count). The number of carbonyl (C=O) groups is 1.